The van der Waals surface area contributed by atoms with E-state index in [2.05, 4.69) is 15.6 Å². The van der Waals surface area contributed by atoms with Crippen LogP contribution in [0.1, 0.15) is 27.9 Å². The van der Waals surface area contributed by atoms with Gasteiger partial charge in [-0.05, 0) is 42.2 Å². The van der Waals surface area contributed by atoms with Crippen molar-refractivity contribution < 1.29 is 18.8 Å². The number of rotatable bonds is 5. The number of fused-ring (bicyclic) bond motifs is 1. The molecular formula is C19H17FN4O3. The van der Waals surface area contributed by atoms with E-state index in [9.17, 15) is 18.8 Å². The van der Waals surface area contributed by atoms with Gasteiger partial charge in [-0.15, -0.1) is 0 Å². The fourth-order valence-corrected chi connectivity index (χ4v) is 3.59. The summed E-state index contributed by atoms with van der Waals surface area (Å²) in [4.78, 5) is 42.5. The molecule has 1 aromatic carbocycles. The highest BCUT2D eigenvalue weighted by atomic mass is 19.1. The van der Waals surface area contributed by atoms with E-state index >= 15 is 0 Å². The summed E-state index contributed by atoms with van der Waals surface area (Å²) >= 11 is 0. The molecule has 0 spiro atoms. The number of nitrogens with one attached hydrogen (secondary N) is 2. The topological polar surface area (TPSA) is 91.4 Å². The Hall–Kier alpha value is -3.29. The van der Waals surface area contributed by atoms with Crippen LogP contribution in [0, 0.1) is 5.82 Å². The Kier molecular flexibility index (Phi) is 4.10. The van der Waals surface area contributed by atoms with Crippen molar-refractivity contribution in [3.63, 3.8) is 0 Å². The second kappa shape index (κ2) is 6.46. The number of amides is 4. The van der Waals surface area contributed by atoms with Crippen LogP contribution in [0.5, 0.6) is 0 Å². The first-order chi connectivity index (χ1) is 13.0. The molecule has 0 saturated carbocycles. The number of nitrogens with zero attached hydrogens (tertiary/aromatic N) is 2. The van der Waals surface area contributed by atoms with Crippen molar-refractivity contribution in [2.24, 2.45) is 0 Å². The largest absolute Gasteiger partial charge is 0.331 e. The lowest BCUT2D eigenvalue weighted by molar-refractivity contribution is -0.124. The van der Waals surface area contributed by atoms with Crippen LogP contribution in [0.2, 0.25) is 0 Å². The molecule has 4 amide bonds. The van der Waals surface area contributed by atoms with Crippen LogP contribution in [0.4, 0.5) is 9.18 Å². The van der Waals surface area contributed by atoms with Crippen LogP contribution in [0.3, 0.4) is 0 Å². The molecule has 3 heterocycles. The van der Waals surface area contributed by atoms with E-state index < -0.39 is 23.3 Å². The fourth-order valence-electron chi connectivity index (χ4n) is 3.59. The average Bonchev–Trinajstić information content (AvgIpc) is 3.11. The quantitative estimate of drug-likeness (QED) is 0.780. The molecule has 0 radical (unpaired) electrons. The molecule has 138 valence electrons. The predicted octanol–water partition coefficient (Wildman–Crippen LogP) is 1.39. The minimum absolute atomic E-state index is 0.0139. The third-order valence-electron chi connectivity index (χ3n) is 4.99. The van der Waals surface area contributed by atoms with Crippen LogP contribution < -0.4 is 10.6 Å². The number of hydrogen-bond donors (Lipinski definition) is 2. The number of aryl methyl sites for hydroxylation is 1. The highest BCUT2D eigenvalue weighted by Crippen LogP contribution is 2.28. The van der Waals surface area contributed by atoms with Gasteiger partial charge in [0.1, 0.15) is 11.4 Å². The number of imide groups is 1. The van der Waals surface area contributed by atoms with Gasteiger partial charge in [0.2, 0.25) is 0 Å². The van der Waals surface area contributed by atoms with Gasteiger partial charge in [-0.3, -0.25) is 19.9 Å². The number of carbonyl (C=O) groups excluding carboxylic acids is 3. The predicted molar refractivity (Wildman–Crippen MR) is 93.1 cm³/mol. The van der Waals surface area contributed by atoms with Crippen LogP contribution in [0.15, 0.2) is 42.7 Å². The molecule has 27 heavy (non-hydrogen) atoms. The van der Waals surface area contributed by atoms with Gasteiger partial charge in [0.25, 0.3) is 11.8 Å². The maximum atomic E-state index is 13.5. The summed E-state index contributed by atoms with van der Waals surface area (Å²) in [5, 5.41) is 4.95. The van der Waals surface area contributed by atoms with Crippen molar-refractivity contribution in [3.05, 3.63) is 65.2 Å². The van der Waals surface area contributed by atoms with Crippen molar-refractivity contribution in [1.82, 2.24) is 20.5 Å². The van der Waals surface area contributed by atoms with Crippen LogP contribution >= 0.6 is 0 Å². The Labute approximate surface area is 154 Å². The van der Waals surface area contributed by atoms with Crippen LogP contribution in [-0.2, 0) is 17.8 Å². The van der Waals surface area contributed by atoms with E-state index in [0.717, 1.165) is 5.56 Å². The van der Waals surface area contributed by atoms with E-state index in [1.165, 1.54) is 17.0 Å². The Morgan fingerprint density at radius 1 is 1.22 bits per heavy atom. The molecule has 2 N–H and O–H groups in total. The molecule has 0 bridgehead atoms. The Bertz CT molecular complexity index is 934. The van der Waals surface area contributed by atoms with Crippen molar-refractivity contribution in [3.8, 4) is 0 Å². The van der Waals surface area contributed by atoms with Gasteiger partial charge in [-0.25, -0.2) is 9.18 Å². The summed E-state index contributed by atoms with van der Waals surface area (Å²) in [7, 11) is 0. The zero-order chi connectivity index (χ0) is 19.0. The number of benzene rings is 1. The van der Waals surface area contributed by atoms with Gasteiger partial charge in [-0.2, -0.15) is 0 Å². The monoisotopic (exact) mass is 368 g/mol. The smallest absolute Gasteiger partial charge is 0.322 e. The van der Waals surface area contributed by atoms with Crippen molar-refractivity contribution in [1.29, 1.82) is 0 Å². The van der Waals surface area contributed by atoms with Gasteiger partial charge >= 0.3 is 6.03 Å². The van der Waals surface area contributed by atoms with Crippen molar-refractivity contribution >= 4 is 17.8 Å². The first-order valence-corrected chi connectivity index (χ1v) is 8.57. The Balaban J connectivity index is 1.56. The fraction of sp³-hybridized carbons (Fsp3) is 0.263. The molecule has 1 fully saturated rings. The maximum absolute atomic E-state index is 13.5. The molecule has 2 aliphatic rings. The second-order valence-electron chi connectivity index (χ2n) is 6.81. The molecule has 1 aromatic heterocycles. The molecule has 8 heteroatoms. The highest BCUT2D eigenvalue weighted by Gasteiger charge is 2.48. The molecular weight excluding hydrogens is 351 g/mol. The molecule has 7 nitrogen and oxygen atoms in total. The van der Waals surface area contributed by atoms with E-state index in [0.29, 0.717) is 24.0 Å². The summed E-state index contributed by atoms with van der Waals surface area (Å²) < 4.78 is 13.5. The maximum Gasteiger partial charge on any atom is 0.322 e. The third kappa shape index (κ3) is 3.14. The Morgan fingerprint density at radius 3 is 2.78 bits per heavy atom. The number of aromatic nitrogens is 1. The summed E-state index contributed by atoms with van der Waals surface area (Å²) in [6.45, 7) is 0.284. The molecule has 0 aliphatic carbocycles. The van der Waals surface area contributed by atoms with Crippen LogP contribution in [0.25, 0.3) is 0 Å². The SMILES string of the molecule is O=C1NC(=O)C(CCc2cccnc2)(CN2Cc3ccc(F)cc3C2=O)N1. The van der Waals surface area contributed by atoms with Gasteiger partial charge in [0, 0.05) is 24.5 Å². The summed E-state index contributed by atoms with van der Waals surface area (Å²) in [5.41, 5.74) is 0.683. The Morgan fingerprint density at radius 2 is 2.07 bits per heavy atom. The molecule has 2 aromatic rings. The number of pyridine rings is 1. The minimum atomic E-state index is -1.23. The molecule has 2 aliphatic heterocycles. The van der Waals surface area contributed by atoms with Crippen LogP contribution in [-0.4, -0.2) is 39.8 Å². The normalized spacial score (nSPS) is 21.2. The molecule has 4 rings (SSSR count). The van der Waals surface area contributed by atoms with Gasteiger partial charge in [-0.1, -0.05) is 12.1 Å². The zero-order valence-electron chi connectivity index (χ0n) is 14.4. The molecule has 1 unspecified atom stereocenters. The lowest BCUT2D eigenvalue weighted by Crippen LogP contribution is -2.55. The number of carbonyl (C=O) groups is 3. The van der Waals surface area contributed by atoms with Gasteiger partial charge < -0.3 is 10.2 Å². The summed E-state index contributed by atoms with van der Waals surface area (Å²) in [6.07, 6.45) is 4.17. The second-order valence-corrected chi connectivity index (χ2v) is 6.81. The van der Waals surface area contributed by atoms with E-state index in [1.54, 1.807) is 24.5 Å². The van der Waals surface area contributed by atoms with Crippen molar-refractivity contribution in [2.75, 3.05) is 6.54 Å². The molecule has 1 atom stereocenters. The van der Waals surface area contributed by atoms with Crippen molar-refractivity contribution in [2.45, 2.75) is 24.9 Å². The lowest BCUT2D eigenvalue weighted by Gasteiger charge is -2.31. The number of urea groups is 1. The third-order valence-corrected chi connectivity index (χ3v) is 4.99. The number of hydrogen-bond acceptors (Lipinski definition) is 4. The van der Waals surface area contributed by atoms with E-state index in [-0.39, 0.29) is 19.0 Å². The summed E-state index contributed by atoms with van der Waals surface area (Å²) in [6, 6.07) is 7.17. The van der Waals surface area contributed by atoms with Gasteiger partial charge in [0.05, 0.1) is 6.54 Å². The minimum Gasteiger partial charge on any atom is -0.331 e. The molecule has 1 saturated heterocycles. The van der Waals surface area contributed by atoms with E-state index in [4.69, 9.17) is 0 Å². The number of halogens is 1. The summed E-state index contributed by atoms with van der Waals surface area (Å²) in [5.74, 6) is -1.30. The first kappa shape index (κ1) is 17.1. The standard InChI is InChI=1S/C19H17FN4O3/c20-14-4-3-13-10-24(16(25)15(13)8-14)11-19(17(26)22-18(27)23-19)6-5-12-2-1-7-21-9-12/h1-4,7-9H,5-6,10-11H2,(H2,22,23,26,27). The highest BCUT2D eigenvalue weighted by molar-refractivity contribution is 6.08. The average molecular weight is 368 g/mol. The van der Waals surface area contributed by atoms with E-state index in [1.807, 2.05) is 6.07 Å². The lowest BCUT2D eigenvalue weighted by atomic mass is 9.91. The zero-order valence-corrected chi connectivity index (χ0v) is 14.4. The first-order valence-electron chi connectivity index (χ1n) is 8.57. The van der Waals surface area contributed by atoms with Gasteiger partial charge in [0.15, 0.2) is 0 Å².